The SMILES string of the molecule is O=C(c1c2c(cn(C3CC3)c1=O)CN(C(=O)C1CCC1)CC2)N1CCn2ccnc2C1. The summed E-state index contributed by atoms with van der Waals surface area (Å²) < 4.78 is 3.81. The molecule has 162 valence electrons. The Kier molecular flexibility index (Phi) is 4.30. The van der Waals surface area contributed by atoms with Crippen LogP contribution < -0.4 is 5.56 Å². The van der Waals surface area contributed by atoms with Crippen molar-refractivity contribution in [1.82, 2.24) is 23.9 Å². The van der Waals surface area contributed by atoms with E-state index >= 15 is 0 Å². The number of carbonyl (C=O) groups is 2. The van der Waals surface area contributed by atoms with Crippen LogP contribution in [0.25, 0.3) is 0 Å². The molecule has 0 spiro atoms. The van der Waals surface area contributed by atoms with E-state index in [4.69, 9.17) is 0 Å². The second-order valence-corrected chi connectivity index (χ2v) is 9.35. The minimum absolute atomic E-state index is 0.161. The van der Waals surface area contributed by atoms with Gasteiger partial charge in [-0.1, -0.05) is 6.42 Å². The smallest absolute Gasteiger partial charge is 0.263 e. The lowest BCUT2D eigenvalue weighted by molar-refractivity contribution is -0.139. The van der Waals surface area contributed by atoms with Crippen molar-refractivity contribution < 1.29 is 9.59 Å². The molecule has 2 aromatic heterocycles. The lowest BCUT2D eigenvalue weighted by Crippen LogP contribution is -2.45. The predicted molar refractivity (Wildman–Crippen MR) is 112 cm³/mol. The Morgan fingerprint density at radius 3 is 2.58 bits per heavy atom. The number of carbonyl (C=O) groups excluding carboxylic acids is 2. The van der Waals surface area contributed by atoms with E-state index in [0.29, 0.717) is 44.7 Å². The zero-order valence-corrected chi connectivity index (χ0v) is 17.6. The maximum Gasteiger partial charge on any atom is 0.263 e. The third-order valence-electron chi connectivity index (χ3n) is 7.38. The number of rotatable bonds is 3. The summed E-state index contributed by atoms with van der Waals surface area (Å²) in [5.41, 5.74) is 1.96. The molecular weight excluding hydrogens is 394 g/mol. The molecule has 6 rings (SSSR count). The van der Waals surface area contributed by atoms with Crippen molar-refractivity contribution >= 4 is 11.8 Å². The molecule has 0 N–H and O–H groups in total. The third kappa shape index (κ3) is 3.11. The van der Waals surface area contributed by atoms with Crippen LogP contribution >= 0.6 is 0 Å². The van der Waals surface area contributed by atoms with Crippen LogP contribution in [-0.2, 0) is 30.8 Å². The molecule has 2 aromatic rings. The Balaban J connectivity index is 1.35. The molecule has 0 aromatic carbocycles. The normalized spacial score (nSPS) is 20.8. The fourth-order valence-corrected chi connectivity index (χ4v) is 5.13. The molecule has 2 aliphatic heterocycles. The van der Waals surface area contributed by atoms with E-state index in [0.717, 1.165) is 49.1 Å². The number of amides is 2. The lowest BCUT2D eigenvalue weighted by Gasteiger charge is -2.36. The second kappa shape index (κ2) is 7.07. The van der Waals surface area contributed by atoms with Crippen molar-refractivity contribution in [2.24, 2.45) is 5.92 Å². The average molecular weight is 422 g/mol. The Morgan fingerprint density at radius 1 is 1.00 bits per heavy atom. The summed E-state index contributed by atoms with van der Waals surface area (Å²) in [5.74, 6) is 1.05. The topological polar surface area (TPSA) is 80.4 Å². The summed E-state index contributed by atoms with van der Waals surface area (Å²) >= 11 is 0. The fourth-order valence-electron chi connectivity index (χ4n) is 5.13. The van der Waals surface area contributed by atoms with Crippen molar-refractivity contribution in [2.75, 3.05) is 13.1 Å². The minimum Gasteiger partial charge on any atom is -0.338 e. The van der Waals surface area contributed by atoms with Crippen molar-refractivity contribution in [3.63, 3.8) is 0 Å². The van der Waals surface area contributed by atoms with E-state index < -0.39 is 0 Å². The van der Waals surface area contributed by atoms with Gasteiger partial charge in [0.25, 0.3) is 11.5 Å². The van der Waals surface area contributed by atoms with Gasteiger partial charge in [0.2, 0.25) is 5.91 Å². The molecule has 2 saturated carbocycles. The fraction of sp³-hybridized carbons (Fsp3) is 0.565. The lowest BCUT2D eigenvalue weighted by atomic mass is 9.83. The van der Waals surface area contributed by atoms with Crippen molar-refractivity contribution in [1.29, 1.82) is 0 Å². The predicted octanol–water partition coefficient (Wildman–Crippen LogP) is 1.72. The zero-order valence-electron chi connectivity index (χ0n) is 17.6. The molecule has 0 bridgehead atoms. The maximum absolute atomic E-state index is 13.6. The van der Waals surface area contributed by atoms with Gasteiger partial charge >= 0.3 is 0 Å². The van der Waals surface area contributed by atoms with Crippen LogP contribution in [0.15, 0.2) is 23.4 Å². The van der Waals surface area contributed by atoms with Crippen LogP contribution in [0.1, 0.15) is 65.5 Å². The maximum atomic E-state index is 13.6. The molecule has 4 aliphatic rings. The van der Waals surface area contributed by atoms with E-state index in [1.807, 2.05) is 17.3 Å². The van der Waals surface area contributed by atoms with Gasteiger partial charge in [0.1, 0.15) is 11.4 Å². The van der Waals surface area contributed by atoms with Gasteiger partial charge in [-0.25, -0.2) is 4.98 Å². The number of fused-ring (bicyclic) bond motifs is 2. The number of imidazole rings is 1. The zero-order chi connectivity index (χ0) is 21.1. The van der Waals surface area contributed by atoms with Gasteiger partial charge in [0.05, 0.1) is 6.54 Å². The van der Waals surface area contributed by atoms with Crippen molar-refractivity contribution in [3.05, 3.63) is 51.5 Å². The van der Waals surface area contributed by atoms with E-state index in [-0.39, 0.29) is 29.3 Å². The Morgan fingerprint density at radius 2 is 1.84 bits per heavy atom. The van der Waals surface area contributed by atoms with Crippen LogP contribution in [0.3, 0.4) is 0 Å². The van der Waals surface area contributed by atoms with Crippen LogP contribution in [0.5, 0.6) is 0 Å². The van der Waals surface area contributed by atoms with E-state index in [1.165, 1.54) is 0 Å². The molecule has 0 unspecified atom stereocenters. The molecule has 0 atom stereocenters. The van der Waals surface area contributed by atoms with E-state index in [2.05, 4.69) is 9.55 Å². The van der Waals surface area contributed by atoms with Crippen molar-refractivity contribution in [2.45, 2.75) is 64.2 Å². The van der Waals surface area contributed by atoms with Gasteiger partial charge in [-0.2, -0.15) is 0 Å². The highest BCUT2D eigenvalue weighted by molar-refractivity contribution is 5.96. The summed E-state index contributed by atoms with van der Waals surface area (Å²) in [6.45, 7) is 2.77. The highest BCUT2D eigenvalue weighted by Gasteiger charge is 2.36. The summed E-state index contributed by atoms with van der Waals surface area (Å²) in [5, 5.41) is 0. The molecule has 2 amide bonds. The number of aromatic nitrogens is 3. The highest BCUT2D eigenvalue weighted by Crippen LogP contribution is 2.36. The molecular formula is C23H27N5O3. The van der Waals surface area contributed by atoms with Gasteiger partial charge in [0.15, 0.2) is 0 Å². The molecule has 8 heteroatoms. The Labute approximate surface area is 180 Å². The third-order valence-corrected chi connectivity index (χ3v) is 7.38. The number of nitrogens with zero attached hydrogens (tertiary/aromatic N) is 5. The molecule has 0 radical (unpaired) electrons. The average Bonchev–Trinajstić information content (AvgIpc) is 3.47. The van der Waals surface area contributed by atoms with E-state index in [9.17, 15) is 14.4 Å². The minimum atomic E-state index is -0.190. The summed E-state index contributed by atoms with van der Waals surface area (Å²) in [6.07, 6.45) is 11.2. The first-order valence-electron chi connectivity index (χ1n) is 11.4. The monoisotopic (exact) mass is 421 g/mol. The van der Waals surface area contributed by atoms with Gasteiger partial charge < -0.3 is 18.9 Å². The number of pyridine rings is 1. The second-order valence-electron chi connectivity index (χ2n) is 9.35. The first kappa shape index (κ1) is 18.8. The van der Waals surface area contributed by atoms with Crippen LogP contribution in [0, 0.1) is 5.92 Å². The van der Waals surface area contributed by atoms with Gasteiger partial charge in [0, 0.05) is 56.7 Å². The summed E-state index contributed by atoms with van der Waals surface area (Å²) in [4.78, 5) is 47.8. The Bertz CT molecular complexity index is 1120. The molecule has 2 fully saturated rings. The van der Waals surface area contributed by atoms with Gasteiger partial charge in [-0.3, -0.25) is 14.4 Å². The highest BCUT2D eigenvalue weighted by atomic mass is 16.2. The molecule has 4 heterocycles. The van der Waals surface area contributed by atoms with E-state index in [1.54, 1.807) is 15.7 Å². The summed E-state index contributed by atoms with van der Waals surface area (Å²) in [7, 11) is 0. The Hall–Kier alpha value is -2.90. The number of hydrogen-bond acceptors (Lipinski definition) is 4. The van der Waals surface area contributed by atoms with Gasteiger partial charge in [-0.15, -0.1) is 0 Å². The standard InChI is InChI=1S/C23H27N5O3/c29-21(15-2-1-3-15)26-8-6-18-16(12-26)13-28(17-4-5-17)23(31)20(18)22(30)27-11-10-25-9-7-24-19(25)14-27/h7,9,13,15,17H,1-6,8,10-12,14H2. The molecule has 2 aliphatic carbocycles. The molecule has 0 saturated heterocycles. The quantitative estimate of drug-likeness (QED) is 0.756. The number of hydrogen-bond donors (Lipinski definition) is 0. The first-order valence-corrected chi connectivity index (χ1v) is 11.4. The van der Waals surface area contributed by atoms with Crippen LogP contribution in [0.4, 0.5) is 0 Å². The molecule has 31 heavy (non-hydrogen) atoms. The van der Waals surface area contributed by atoms with Crippen LogP contribution in [0.2, 0.25) is 0 Å². The summed E-state index contributed by atoms with van der Waals surface area (Å²) in [6, 6.07) is 0.183. The largest absolute Gasteiger partial charge is 0.338 e. The first-order chi connectivity index (χ1) is 15.1. The van der Waals surface area contributed by atoms with Crippen molar-refractivity contribution in [3.8, 4) is 0 Å². The van der Waals surface area contributed by atoms with Crippen LogP contribution in [-0.4, -0.2) is 48.8 Å². The molecule has 8 nitrogen and oxygen atoms in total. The van der Waals surface area contributed by atoms with Gasteiger partial charge in [-0.05, 0) is 43.2 Å².